The third-order valence-corrected chi connectivity index (χ3v) is 2.81. The van der Waals surface area contributed by atoms with Crippen LogP contribution in [0.1, 0.15) is 47.0 Å². The van der Waals surface area contributed by atoms with E-state index in [4.69, 9.17) is 4.74 Å². The van der Waals surface area contributed by atoms with Crippen molar-refractivity contribution in [2.24, 2.45) is 5.92 Å². The lowest BCUT2D eigenvalue weighted by Crippen LogP contribution is -2.36. The van der Waals surface area contributed by atoms with Crippen LogP contribution in [0.4, 0.5) is 0 Å². The molecule has 0 saturated carbocycles. The van der Waals surface area contributed by atoms with Gasteiger partial charge in [-0.15, -0.1) is 0 Å². The summed E-state index contributed by atoms with van der Waals surface area (Å²) in [6.07, 6.45) is 1.34. The lowest BCUT2D eigenvalue weighted by Gasteiger charge is -2.23. The highest BCUT2D eigenvalue weighted by atomic mass is 16.5. The molecule has 0 aliphatic carbocycles. The fraction of sp³-hybridized carbons (Fsp3) is 0.800. The Morgan fingerprint density at radius 1 is 1.19 bits per heavy atom. The van der Waals surface area contributed by atoms with Gasteiger partial charge in [0.2, 0.25) is 11.8 Å². The maximum Gasteiger partial charge on any atom is 0.307 e. The Morgan fingerprint density at radius 2 is 1.86 bits per heavy atom. The zero-order valence-corrected chi connectivity index (χ0v) is 13.6. The summed E-state index contributed by atoms with van der Waals surface area (Å²) in [7, 11) is 0. The normalized spacial score (nSPS) is 10.3. The number of esters is 1. The van der Waals surface area contributed by atoms with Gasteiger partial charge in [-0.25, -0.2) is 0 Å². The van der Waals surface area contributed by atoms with Gasteiger partial charge in [-0.2, -0.15) is 0 Å². The van der Waals surface area contributed by atoms with Crippen LogP contribution in [0.2, 0.25) is 0 Å². The van der Waals surface area contributed by atoms with E-state index in [2.05, 4.69) is 5.32 Å². The van der Waals surface area contributed by atoms with Crippen molar-refractivity contribution >= 4 is 17.8 Å². The van der Waals surface area contributed by atoms with Gasteiger partial charge in [0.1, 0.15) is 0 Å². The van der Waals surface area contributed by atoms with Crippen molar-refractivity contribution in [1.82, 2.24) is 10.2 Å². The summed E-state index contributed by atoms with van der Waals surface area (Å²) in [5, 5.41) is 2.70. The van der Waals surface area contributed by atoms with Crippen molar-refractivity contribution < 1.29 is 19.1 Å². The third-order valence-electron chi connectivity index (χ3n) is 2.81. The quantitative estimate of drug-likeness (QED) is 0.488. The number of amides is 2. The first-order valence-electron chi connectivity index (χ1n) is 7.54. The molecule has 0 bridgehead atoms. The molecule has 0 aromatic carbocycles. The molecule has 0 heterocycles. The molecule has 122 valence electrons. The summed E-state index contributed by atoms with van der Waals surface area (Å²) in [4.78, 5) is 36.0. The second-order valence-electron chi connectivity index (χ2n) is 5.37. The second kappa shape index (κ2) is 11.1. The Kier molecular flexibility index (Phi) is 10.3. The lowest BCUT2D eigenvalue weighted by molar-refractivity contribution is -0.144. The van der Waals surface area contributed by atoms with Crippen LogP contribution in [0.15, 0.2) is 0 Å². The van der Waals surface area contributed by atoms with Crippen molar-refractivity contribution in [2.45, 2.75) is 47.0 Å². The van der Waals surface area contributed by atoms with E-state index in [0.717, 1.165) is 0 Å². The van der Waals surface area contributed by atoms with Crippen LogP contribution in [0.5, 0.6) is 0 Å². The van der Waals surface area contributed by atoms with E-state index in [1.807, 2.05) is 13.8 Å². The number of hydrogen-bond donors (Lipinski definition) is 1. The predicted octanol–water partition coefficient (Wildman–Crippen LogP) is 1.34. The topological polar surface area (TPSA) is 75.7 Å². The van der Waals surface area contributed by atoms with Gasteiger partial charge in [0.15, 0.2) is 0 Å². The fourth-order valence-electron chi connectivity index (χ4n) is 1.83. The van der Waals surface area contributed by atoms with Gasteiger partial charge in [-0.1, -0.05) is 13.8 Å². The second-order valence-corrected chi connectivity index (χ2v) is 5.37. The summed E-state index contributed by atoms with van der Waals surface area (Å²) in [5.41, 5.74) is 0. The minimum Gasteiger partial charge on any atom is -0.466 e. The average Bonchev–Trinajstić information content (AvgIpc) is 2.36. The molecule has 2 amide bonds. The standard InChI is InChI=1S/C15H28N2O4/c1-5-21-15(20)7-10-17(14(19)11-12(2)3)9-6-8-16-13(4)18/h12H,5-11H2,1-4H3,(H,16,18). The molecular formula is C15H28N2O4. The van der Waals surface area contributed by atoms with Crippen molar-refractivity contribution in [3.05, 3.63) is 0 Å². The van der Waals surface area contributed by atoms with E-state index in [1.54, 1.807) is 11.8 Å². The Hall–Kier alpha value is -1.59. The molecule has 21 heavy (non-hydrogen) atoms. The van der Waals surface area contributed by atoms with Crippen LogP contribution in [0, 0.1) is 5.92 Å². The molecule has 0 saturated heterocycles. The average molecular weight is 300 g/mol. The van der Waals surface area contributed by atoms with E-state index in [-0.39, 0.29) is 30.1 Å². The number of carbonyl (C=O) groups excluding carboxylic acids is 3. The van der Waals surface area contributed by atoms with Crippen LogP contribution >= 0.6 is 0 Å². The SMILES string of the molecule is CCOC(=O)CCN(CCCNC(C)=O)C(=O)CC(C)C. The van der Waals surface area contributed by atoms with Gasteiger partial charge in [-0.3, -0.25) is 14.4 Å². The molecule has 6 heteroatoms. The molecule has 0 atom stereocenters. The molecule has 0 aliphatic heterocycles. The molecule has 0 aromatic rings. The molecule has 0 unspecified atom stereocenters. The van der Waals surface area contributed by atoms with E-state index in [1.165, 1.54) is 6.92 Å². The first-order valence-corrected chi connectivity index (χ1v) is 7.54. The number of hydrogen-bond acceptors (Lipinski definition) is 4. The molecule has 0 aromatic heterocycles. The highest BCUT2D eigenvalue weighted by molar-refractivity contribution is 5.77. The highest BCUT2D eigenvalue weighted by Gasteiger charge is 2.16. The van der Waals surface area contributed by atoms with Gasteiger partial charge in [0.05, 0.1) is 13.0 Å². The van der Waals surface area contributed by atoms with Crippen LogP contribution in [-0.2, 0) is 19.1 Å². The monoisotopic (exact) mass is 300 g/mol. The highest BCUT2D eigenvalue weighted by Crippen LogP contribution is 2.06. The smallest absolute Gasteiger partial charge is 0.307 e. The lowest BCUT2D eigenvalue weighted by atomic mass is 10.1. The summed E-state index contributed by atoms with van der Waals surface area (Å²) < 4.78 is 4.88. The first kappa shape index (κ1) is 19.4. The van der Waals surface area contributed by atoms with Crippen molar-refractivity contribution in [3.8, 4) is 0 Å². The summed E-state index contributed by atoms with van der Waals surface area (Å²) >= 11 is 0. The van der Waals surface area contributed by atoms with Crippen molar-refractivity contribution in [1.29, 1.82) is 0 Å². The van der Waals surface area contributed by atoms with Gasteiger partial charge in [0, 0.05) is 33.0 Å². The van der Waals surface area contributed by atoms with Crippen LogP contribution in [0.25, 0.3) is 0 Å². The Labute approximate surface area is 127 Å². The molecular weight excluding hydrogens is 272 g/mol. The number of carbonyl (C=O) groups is 3. The van der Waals surface area contributed by atoms with Crippen molar-refractivity contribution in [3.63, 3.8) is 0 Å². The van der Waals surface area contributed by atoms with Crippen LogP contribution in [-0.4, -0.2) is 48.9 Å². The number of nitrogens with zero attached hydrogens (tertiary/aromatic N) is 1. The van der Waals surface area contributed by atoms with Crippen LogP contribution < -0.4 is 5.32 Å². The number of rotatable bonds is 10. The zero-order valence-electron chi connectivity index (χ0n) is 13.6. The fourth-order valence-corrected chi connectivity index (χ4v) is 1.83. The Balaban J connectivity index is 4.29. The van der Waals surface area contributed by atoms with E-state index >= 15 is 0 Å². The summed E-state index contributed by atoms with van der Waals surface area (Å²) in [5.74, 6) is -0.0571. The van der Waals surface area contributed by atoms with Crippen LogP contribution in [0.3, 0.4) is 0 Å². The molecule has 0 aliphatic rings. The minimum atomic E-state index is -0.290. The minimum absolute atomic E-state index is 0.0390. The predicted molar refractivity (Wildman–Crippen MR) is 80.6 cm³/mol. The summed E-state index contributed by atoms with van der Waals surface area (Å²) in [6, 6.07) is 0. The molecule has 6 nitrogen and oxygen atoms in total. The van der Waals surface area contributed by atoms with E-state index in [0.29, 0.717) is 39.1 Å². The Bertz CT molecular complexity index is 343. The molecule has 0 rings (SSSR count). The molecule has 0 radical (unpaired) electrons. The third kappa shape index (κ3) is 10.8. The van der Waals surface area contributed by atoms with E-state index in [9.17, 15) is 14.4 Å². The molecule has 0 spiro atoms. The van der Waals surface area contributed by atoms with Gasteiger partial charge >= 0.3 is 5.97 Å². The zero-order chi connectivity index (χ0) is 16.3. The van der Waals surface area contributed by atoms with Gasteiger partial charge in [-0.05, 0) is 19.3 Å². The van der Waals surface area contributed by atoms with Gasteiger partial charge in [0.25, 0.3) is 0 Å². The Morgan fingerprint density at radius 3 is 2.38 bits per heavy atom. The van der Waals surface area contributed by atoms with Crippen molar-refractivity contribution in [2.75, 3.05) is 26.2 Å². The molecule has 1 N–H and O–H groups in total. The first-order chi connectivity index (χ1) is 9.86. The van der Waals surface area contributed by atoms with E-state index < -0.39 is 0 Å². The molecule has 0 fully saturated rings. The summed E-state index contributed by atoms with van der Waals surface area (Å²) in [6.45, 7) is 8.96. The number of nitrogens with one attached hydrogen (secondary N) is 1. The maximum atomic E-state index is 12.1. The largest absolute Gasteiger partial charge is 0.466 e. The maximum absolute atomic E-state index is 12.1. The van der Waals surface area contributed by atoms with Gasteiger partial charge < -0.3 is 15.0 Å². The number of ether oxygens (including phenoxy) is 1.